The van der Waals surface area contributed by atoms with E-state index in [-0.39, 0.29) is 24.7 Å². The summed E-state index contributed by atoms with van der Waals surface area (Å²) in [4.78, 5) is 22.9. The molecule has 4 aromatic rings. The Balaban J connectivity index is 1.76. The number of esters is 2. The lowest BCUT2D eigenvalue weighted by Crippen LogP contribution is -2.20. The van der Waals surface area contributed by atoms with Gasteiger partial charge in [0.25, 0.3) is 0 Å². The summed E-state index contributed by atoms with van der Waals surface area (Å²) >= 11 is 0. The molecule has 0 aromatic heterocycles. The first kappa shape index (κ1) is 29.7. The van der Waals surface area contributed by atoms with Crippen molar-refractivity contribution in [3.05, 3.63) is 121 Å². The number of carbonyl (C=O) groups is 2. The Bertz CT molecular complexity index is 1600. The van der Waals surface area contributed by atoms with Crippen LogP contribution in [0.2, 0.25) is 0 Å². The van der Waals surface area contributed by atoms with Gasteiger partial charge in [0, 0.05) is 23.1 Å². The van der Waals surface area contributed by atoms with Gasteiger partial charge >= 0.3 is 11.9 Å². The molecule has 4 rings (SSSR count). The van der Waals surface area contributed by atoms with Crippen molar-refractivity contribution < 1.29 is 34.0 Å². The van der Waals surface area contributed by atoms with Crippen LogP contribution in [0.5, 0.6) is 23.0 Å². The highest BCUT2D eigenvalue weighted by Gasteiger charge is 2.28. The quantitative estimate of drug-likeness (QED) is 0.0879. The van der Waals surface area contributed by atoms with Crippen LogP contribution in [-0.4, -0.2) is 35.4 Å². The Hall–Kier alpha value is -5.30. The van der Waals surface area contributed by atoms with Gasteiger partial charge in [0.1, 0.15) is 36.2 Å². The van der Waals surface area contributed by atoms with Crippen molar-refractivity contribution in [3.8, 4) is 45.3 Å². The highest BCUT2D eigenvalue weighted by atomic mass is 16.6. The third kappa shape index (κ3) is 6.88. The van der Waals surface area contributed by atoms with Gasteiger partial charge in [-0.1, -0.05) is 63.4 Å². The van der Waals surface area contributed by atoms with Crippen LogP contribution >= 0.6 is 0 Å². The maximum Gasteiger partial charge on any atom is 0.335 e. The smallest absolute Gasteiger partial charge is 0.335 e. The van der Waals surface area contributed by atoms with Crippen LogP contribution in [0.15, 0.2) is 110 Å². The third-order valence-corrected chi connectivity index (χ3v) is 6.88. The summed E-state index contributed by atoms with van der Waals surface area (Å²) in [6.07, 6.45) is 2.19. The molecule has 0 heterocycles. The Kier molecular flexibility index (Phi) is 9.12. The van der Waals surface area contributed by atoms with Gasteiger partial charge in [-0.2, -0.15) is 0 Å². The molecule has 0 amide bonds. The van der Waals surface area contributed by atoms with Gasteiger partial charge in [-0.3, -0.25) is 0 Å². The first-order valence-electron chi connectivity index (χ1n) is 13.3. The zero-order valence-electron chi connectivity index (χ0n) is 23.5. The fraction of sp³-hybridized carbons (Fsp3) is 0.143. The number of phenolic OH excluding ortho intramolecular Hbond substituents is 2. The molecule has 0 aliphatic rings. The number of hydrogen-bond donors (Lipinski definition) is 2. The van der Waals surface area contributed by atoms with E-state index in [2.05, 4.69) is 27.0 Å². The van der Waals surface area contributed by atoms with Crippen LogP contribution in [0, 0.1) is 0 Å². The highest BCUT2D eigenvalue weighted by molar-refractivity contribution is 5.84. The van der Waals surface area contributed by atoms with Gasteiger partial charge in [0.2, 0.25) is 0 Å². The molecule has 42 heavy (non-hydrogen) atoms. The molecule has 2 N–H and O–H groups in total. The number of benzene rings is 4. The number of phenols is 2. The number of aromatic hydroxyl groups is 2. The third-order valence-electron chi connectivity index (χ3n) is 6.88. The van der Waals surface area contributed by atoms with Crippen LogP contribution < -0.4 is 9.47 Å². The molecule has 214 valence electrons. The van der Waals surface area contributed by atoms with Gasteiger partial charge in [-0.05, 0) is 76.3 Å². The minimum Gasteiger partial charge on any atom is -0.508 e. The van der Waals surface area contributed by atoms with E-state index >= 15 is 0 Å². The molecule has 0 saturated carbocycles. The molecule has 7 heteroatoms. The average Bonchev–Trinajstić information content (AvgIpc) is 3.00. The molecule has 0 saturated heterocycles. The van der Waals surface area contributed by atoms with E-state index in [1.165, 1.54) is 0 Å². The van der Waals surface area contributed by atoms with Crippen LogP contribution in [-0.2, 0) is 19.7 Å². The topological polar surface area (TPSA) is 102 Å². The van der Waals surface area contributed by atoms with Crippen molar-refractivity contribution in [2.45, 2.75) is 19.3 Å². The van der Waals surface area contributed by atoms with Crippen LogP contribution in [0.1, 0.15) is 25.0 Å². The minimum atomic E-state index is -0.542. The first-order valence-corrected chi connectivity index (χ1v) is 13.3. The molecule has 0 aliphatic carbocycles. The van der Waals surface area contributed by atoms with Crippen molar-refractivity contribution in [2.24, 2.45) is 0 Å². The zero-order chi connectivity index (χ0) is 30.3. The monoisotopic (exact) mass is 564 g/mol. The Morgan fingerprint density at radius 3 is 2.05 bits per heavy atom. The zero-order valence-corrected chi connectivity index (χ0v) is 23.5. The second kappa shape index (κ2) is 12.9. The van der Waals surface area contributed by atoms with Crippen molar-refractivity contribution in [1.82, 2.24) is 0 Å². The fourth-order valence-corrected chi connectivity index (χ4v) is 4.58. The Morgan fingerprint density at radius 2 is 1.38 bits per heavy atom. The van der Waals surface area contributed by atoms with Gasteiger partial charge in [-0.25, -0.2) is 9.59 Å². The molecule has 7 nitrogen and oxygen atoms in total. The summed E-state index contributed by atoms with van der Waals surface area (Å²) in [6, 6.07) is 25.0. The van der Waals surface area contributed by atoms with Crippen molar-refractivity contribution >= 4 is 11.9 Å². The molecule has 0 fully saturated rings. The van der Waals surface area contributed by atoms with Crippen molar-refractivity contribution in [1.29, 1.82) is 0 Å². The summed E-state index contributed by atoms with van der Waals surface area (Å²) in [7, 11) is 0. The van der Waals surface area contributed by atoms with Crippen LogP contribution in [0.25, 0.3) is 22.3 Å². The SMILES string of the molecule is C=CC(=O)OCCOc1ccc(C(C)(C)c2ccc(O)cc2)c(-c2cc(-c3ccc(OC(=O)C=C)cc3)ccc2O)c1. The van der Waals surface area contributed by atoms with E-state index in [0.717, 1.165) is 40.0 Å². The molecule has 0 unspecified atom stereocenters. The van der Waals surface area contributed by atoms with E-state index in [4.69, 9.17) is 14.2 Å². The van der Waals surface area contributed by atoms with Gasteiger partial charge in [-0.15, -0.1) is 0 Å². The van der Waals surface area contributed by atoms with Gasteiger partial charge in [0.15, 0.2) is 0 Å². The Labute approximate surface area is 244 Å². The number of hydrogen-bond acceptors (Lipinski definition) is 7. The van der Waals surface area contributed by atoms with E-state index in [1.54, 1.807) is 30.3 Å². The Morgan fingerprint density at radius 1 is 0.738 bits per heavy atom. The van der Waals surface area contributed by atoms with E-state index < -0.39 is 17.4 Å². The number of ether oxygens (including phenoxy) is 3. The number of carbonyl (C=O) groups excluding carboxylic acids is 2. The maximum absolute atomic E-state index is 11.5. The molecule has 0 aliphatic heterocycles. The minimum absolute atomic E-state index is 0.0553. The average molecular weight is 565 g/mol. The molecular formula is C35H32O7. The second-order valence-corrected chi connectivity index (χ2v) is 9.98. The second-order valence-electron chi connectivity index (χ2n) is 9.98. The lowest BCUT2D eigenvalue weighted by atomic mass is 9.74. The molecular weight excluding hydrogens is 532 g/mol. The predicted molar refractivity (Wildman–Crippen MR) is 162 cm³/mol. The highest BCUT2D eigenvalue weighted by Crippen LogP contribution is 2.44. The fourth-order valence-electron chi connectivity index (χ4n) is 4.58. The first-order chi connectivity index (χ1) is 20.1. The lowest BCUT2D eigenvalue weighted by molar-refractivity contribution is -0.138. The van der Waals surface area contributed by atoms with Gasteiger partial charge in [0.05, 0.1) is 0 Å². The van der Waals surface area contributed by atoms with Gasteiger partial charge < -0.3 is 24.4 Å². The van der Waals surface area contributed by atoms with Crippen molar-refractivity contribution in [3.63, 3.8) is 0 Å². The molecule has 0 radical (unpaired) electrons. The largest absolute Gasteiger partial charge is 0.508 e. The predicted octanol–water partition coefficient (Wildman–Crippen LogP) is 6.96. The number of rotatable bonds is 11. The van der Waals surface area contributed by atoms with E-state index in [1.807, 2.05) is 54.6 Å². The lowest BCUT2D eigenvalue weighted by Gasteiger charge is -2.29. The molecule has 0 atom stereocenters. The summed E-state index contributed by atoms with van der Waals surface area (Å²) in [6.45, 7) is 11.1. The normalized spacial score (nSPS) is 10.9. The van der Waals surface area contributed by atoms with Crippen molar-refractivity contribution in [2.75, 3.05) is 13.2 Å². The van der Waals surface area contributed by atoms with Crippen LogP contribution in [0.3, 0.4) is 0 Å². The van der Waals surface area contributed by atoms with Crippen LogP contribution in [0.4, 0.5) is 0 Å². The standard InChI is InChI=1S/C35H32O7/c1-5-33(38)41-20-19-40-28-16-17-31(35(3,4)25-10-12-26(36)13-11-25)29(22-28)30-21-24(9-18-32(30)37)23-7-14-27(15-8-23)42-34(39)6-2/h5-18,21-22,36-37H,1-2,19-20H2,3-4H3. The summed E-state index contributed by atoms with van der Waals surface area (Å²) in [5.74, 6) is 0.104. The molecule has 4 aromatic carbocycles. The van der Waals surface area contributed by atoms with E-state index in [9.17, 15) is 19.8 Å². The maximum atomic E-state index is 11.5. The molecule has 0 bridgehead atoms. The summed E-state index contributed by atoms with van der Waals surface area (Å²) < 4.78 is 16.1. The van der Waals surface area contributed by atoms with E-state index in [0.29, 0.717) is 17.1 Å². The molecule has 0 spiro atoms. The summed E-state index contributed by atoms with van der Waals surface area (Å²) in [5.41, 5.74) is 4.36. The summed E-state index contributed by atoms with van der Waals surface area (Å²) in [5, 5.41) is 20.9.